The molecule has 0 saturated heterocycles. The minimum absolute atomic E-state index is 0.00588. The van der Waals surface area contributed by atoms with Crippen LogP contribution in [0.2, 0.25) is 0 Å². The van der Waals surface area contributed by atoms with Crippen molar-refractivity contribution in [2.75, 3.05) is 12.8 Å². The second kappa shape index (κ2) is 5.46. The summed E-state index contributed by atoms with van der Waals surface area (Å²) in [6.07, 6.45) is 0.621. The molecule has 0 amide bonds. The zero-order chi connectivity index (χ0) is 11.4. The average molecular weight is 221 g/mol. The molecule has 0 aromatic heterocycles. The summed E-state index contributed by atoms with van der Waals surface area (Å²) in [6, 6.07) is 0. The zero-order valence-electron chi connectivity index (χ0n) is 9.20. The van der Waals surface area contributed by atoms with E-state index in [4.69, 9.17) is 0 Å². The van der Waals surface area contributed by atoms with Crippen LogP contribution in [0.4, 0.5) is 0 Å². The molecule has 2 atom stereocenters. The van der Waals surface area contributed by atoms with Crippen LogP contribution >= 0.6 is 0 Å². The minimum Gasteiger partial charge on any atom is -0.300 e. The summed E-state index contributed by atoms with van der Waals surface area (Å²) in [7, 11) is -1.75. The molecule has 0 rings (SSSR count). The number of nitrogens with one attached hydrogen (secondary N) is 1. The third kappa shape index (κ3) is 5.34. The smallest absolute Gasteiger partial charge is 0.211 e. The summed E-state index contributed by atoms with van der Waals surface area (Å²) in [5, 5.41) is 0. The SMILES string of the molecule is CNS(=O)(=O)CC(C)CC(C)C(C)=O. The summed E-state index contributed by atoms with van der Waals surface area (Å²) in [4.78, 5) is 10.9. The maximum Gasteiger partial charge on any atom is 0.211 e. The summed E-state index contributed by atoms with van der Waals surface area (Å²) < 4.78 is 24.6. The van der Waals surface area contributed by atoms with Crippen molar-refractivity contribution < 1.29 is 13.2 Å². The molecule has 0 saturated carbocycles. The molecule has 5 heteroatoms. The predicted octanol–water partition coefficient (Wildman–Crippen LogP) is 0.787. The first-order chi connectivity index (χ1) is 6.28. The molecule has 84 valence electrons. The Kier molecular flexibility index (Phi) is 5.29. The quantitative estimate of drug-likeness (QED) is 0.721. The summed E-state index contributed by atoms with van der Waals surface area (Å²) >= 11 is 0. The topological polar surface area (TPSA) is 63.2 Å². The van der Waals surface area contributed by atoms with Crippen molar-refractivity contribution in [3.8, 4) is 0 Å². The molecule has 4 nitrogen and oxygen atoms in total. The van der Waals surface area contributed by atoms with Gasteiger partial charge >= 0.3 is 0 Å². The molecule has 14 heavy (non-hydrogen) atoms. The first kappa shape index (κ1) is 13.6. The largest absolute Gasteiger partial charge is 0.300 e. The van der Waals surface area contributed by atoms with Gasteiger partial charge in [-0.15, -0.1) is 0 Å². The Balaban J connectivity index is 4.12. The van der Waals surface area contributed by atoms with Crippen LogP contribution in [0.1, 0.15) is 27.2 Å². The first-order valence-corrected chi connectivity index (χ1v) is 6.35. The third-order valence-corrected chi connectivity index (χ3v) is 3.89. The Bertz CT molecular complexity index is 284. The number of hydrogen-bond acceptors (Lipinski definition) is 3. The van der Waals surface area contributed by atoms with E-state index in [-0.39, 0.29) is 23.4 Å². The van der Waals surface area contributed by atoms with E-state index in [2.05, 4.69) is 4.72 Å². The molecule has 0 bridgehead atoms. The van der Waals surface area contributed by atoms with E-state index in [1.165, 1.54) is 14.0 Å². The maximum absolute atomic E-state index is 11.2. The molecule has 0 fully saturated rings. The summed E-state index contributed by atoms with van der Waals surface area (Å²) in [5.74, 6) is 0.142. The van der Waals surface area contributed by atoms with E-state index < -0.39 is 10.0 Å². The molecule has 0 heterocycles. The molecule has 0 aromatic rings. The van der Waals surface area contributed by atoms with Gasteiger partial charge in [-0.1, -0.05) is 13.8 Å². The Hall–Kier alpha value is -0.420. The zero-order valence-corrected chi connectivity index (χ0v) is 10.0. The highest BCUT2D eigenvalue weighted by atomic mass is 32.2. The van der Waals surface area contributed by atoms with E-state index in [1.807, 2.05) is 13.8 Å². The van der Waals surface area contributed by atoms with E-state index in [9.17, 15) is 13.2 Å². The molecule has 2 unspecified atom stereocenters. The van der Waals surface area contributed by atoms with Gasteiger partial charge in [0.25, 0.3) is 0 Å². The van der Waals surface area contributed by atoms with E-state index in [1.54, 1.807) is 0 Å². The fourth-order valence-corrected chi connectivity index (χ4v) is 2.35. The Morgan fingerprint density at radius 1 is 1.36 bits per heavy atom. The lowest BCUT2D eigenvalue weighted by molar-refractivity contribution is -0.120. The van der Waals surface area contributed by atoms with Crippen LogP contribution in [0, 0.1) is 11.8 Å². The normalized spacial score (nSPS) is 16.3. The number of Topliss-reactive ketones (excluding diaryl/α,β-unsaturated/α-hetero) is 1. The van der Waals surface area contributed by atoms with Crippen molar-refractivity contribution in [1.29, 1.82) is 0 Å². The number of hydrogen-bond donors (Lipinski definition) is 1. The summed E-state index contributed by atoms with van der Waals surface area (Å²) in [5.41, 5.74) is 0. The van der Waals surface area contributed by atoms with Crippen LogP contribution in [0.5, 0.6) is 0 Å². The fourth-order valence-electron chi connectivity index (χ4n) is 1.30. The van der Waals surface area contributed by atoms with Crippen LogP contribution in [0.15, 0.2) is 0 Å². The van der Waals surface area contributed by atoms with E-state index >= 15 is 0 Å². The molecule has 0 aliphatic rings. The van der Waals surface area contributed by atoms with Gasteiger partial charge in [-0.05, 0) is 26.3 Å². The number of carbonyl (C=O) groups excluding carboxylic acids is 1. The van der Waals surface area contributed by atoms with Gasteiger partial charge < -0.3 is 0 Å². The highest BCUT2D eigenvalue weighted by Crippen LogP contribution is 2.13. The van der Waals surface area contributed by atoms with Gasteiger partial charge in [0.2, 0.25) is 10.0 Å². The van der Waals surface area contributed by atoms with Gasteiger partial charge in [0, 0.05) is 5.92 Å². The second-order valence-corrected chi connectivity index (χ2v) is 5.81. The molecule has 0 spiro atoms. The number of sulfonamides is 1. The minimum atomic E-state index is -3.15. The van der Waals surface area contributed by atoms with Crippen molar-refractivity contribution in [3.63, 3.8) is 0 Å². The van der Waals surface area contributed by atoms with Crippen molar-refractivity contribution in [2.24, 2.45) is 11.8 Å². The highest BCUT2D eigenvalue weighted by Gasteiger charge is 2.17. The molecule has 0 aliphatic heterocycles. The van der Waals surface area contributed by atoms with E-state index in [0.717, 1.165) is 0 Å². The molecule has 1 N–H and O–H groups in total. The van der Waals surface area contributed by atoms with Crippen LogP contribution < -0.4 is 4.72 Å². The molecule has 0 radical (unpaired) electrons. The van der Waals surface area contributed by atoms with Crippen LogP contribution in [-0.4, -0.2) is 27.0 Å². The van der Waals surface area contributed by atoms with Gasteiger partial charge in [-0.25, -0.2) is 13.1 Å². The van der Waals surface area contributed by atoms with Gasteiger partial charge in [0.1, 0.15) is 5.78 Å². The number of carbonyl (C=O) groups is 1. The maximum atomic E-state index is 11.2. The van der Waals surface area contributed by atoms with Crippen LogP contribution in [0.3, 0.4) is 0 Å². The molecular weight excluding hydrogens is 202 g/mol. The monoisotopic (exact) mass is 221 g/mol. The lowest BCUT2D eigenvalue weighted by Crippen LogP contribution is -2.27. The predicted molar refractivity (Wildman–Crippen MR) is 56.5 cm³/mol. The highest BCUT2D eigenvalue weighted by molar-refractivity contribution is 7.89. The number of ketones is 1. The van der Waals surface area contributed by atoms with Gasteiger partial charge in [-0.2, -0.15) is 0 Å². The molecule has 0 aliphatic carbocycles. The van der Waals surface area contributed by atoms with Crippen LogP contribution in [0.25, 0.3) is 0 Å². The lowest BCUT2D eigenvalue weighted by atomic mass is 9.96. The van der Waals surface area contributed by atoms with Crippen molar-refractivity contribution in [2.45, 2.75) is 27.2 Å². The fraction of sp³-hybridized carbons (Fsp3) is 0.889. The van der Waals surface area contributed by atoms with Gasteiger partial charge in [0.05, 0.1) is 5.75 Å². The van der Waals surface area contributed by atoms with Gasteiger partial charge in [-0.3, -0.25) is 4.79 Å². The Morgan fingerprint density at radius 2 is 1.86 bits per heavy atom. The second-order valence-electron chi connectivity index (χ2n) is 3.84. The third-order valence-electron chi connectivity index (χ3n) is 2.26. The van der Waals surface area contributed by atoms with Crippen molar-refractivity contribution in [1.82, 2.24) is 4.72 Å². The van der Waals surface area contributed by atoms with Crippen LogP contribution in [-0.2, 0) is 14.8 Å². The van der Waals surface area contributed by atoms with E-state index in [0.29, 0.717) is 6.42 Å². The first-order valence-electron chi connectivity index (χ1n) is 4.70. The standard InChI is InChI=1S/C9H19NO3S/c1-7(5-8(2)9(3)11)6-14(12,13)10-4/h7-8,10H,5-6H2,1-4H3. The average Bonchev–Trinajstić information content (AvgIpc) is 2.02. The van der Waals surface area contributed by atoms with Crippen molar-refractivity contribution in [3.05, 3.63) is 0 Å². The lowest BCUT2D eigenvalue weighted by Gasteiger charge is -2.14. The number of rotatable bonds is 6. The summed E-state index contributed by atoms with van der Waals surface area (Å²) in [6.45, 7) is 5.20. The van der Waals surface area contributed by atoms with Gasteiger partial charge in [0.15, 0.2) is 0 Å². The molecular formula is C9H19NO3S. The Morgan fingerprint density at radius 3 is 2.21 bits per heavy atom. The van der Waals surface area contributed by atoms with Crippen molar-refractivity contribution >= 4 is 15.8 Å². The Labute approximate surface area is 86.1 Å². The molecule has 0 aromatic carbocycles.